The molecule has 1 saturated heterocycles. The molecular weight excluding hydrogens is 320 g/mol. The predicted octanol–water partition coefficient (Wildman–Crippen LogP) is 0.529. The van der Waals surface area contributed by atoms with Crippen LogP contribution < -0.4 is 9.46 Å². The Labute approximate surface area is 136 Å². The lowest BCUT2D eigenvalue weighted by molar-refractivity contribution is -0.136. The topological polar surface area (TPSA) is 84.9 Å². The molecule has 128 valence electrons. The van der Waals surface area contributed by atoms with Crippen molar-refractivity contribution in [3.8, 4) is 5.75 Å². The number of rotatable bonds is 5. The van der Waals surface area contributed by atoms with Gasteiger partial charge in [-0.2, -0.15) is 4.72 Å². The second-order valence-electron chi connectivity index (χ2n) is 5.43. The summed E-state index contributed by atoms with van der Waals surface area (Å²) in [7, 11) is -2.45. The number of methoxy groups -OCH3 is 1. The number of nitrogens with one attached hydrogen (secondary N) is 1. The molecule has 0 radical (unpaired) electrons. The molecule has 1 amide bonds. The van der Waals surface area contributed by atoms with E-state index in [0.29, 0.717) is 26.3 Å². The summed E-state index contributed by atoms with van der Waals surface area (Å²) in [4.78, 5) is 14.0. The Morgan fingerprint density at radius 1 is 1.35 bits per heavy atom. The molecule has 1 atom stereocenters. The van der Waals surface area contributed by atoms with E-state index in [1.165, 1.54) is 20.1 Å². The number of carbonyl (C=O) groups is 1. The molecule has 1 N–H and O–H groups in total. The van der Waals surface area contributed by atoms with Crippen LogP contribution in [-0.2, 0) is 19.6 Å². The monoisotopic (exact) mass is 342 g/mol. The fourth-order valence-electron chi connectivity index (χ4n) is 2.40. The van der Waals surface area contributed by atoms with Gasteiger partial charge in [0.05, 0.1) is 26.4 Å². The van der Waals surface area contributed by atoms with E-state index < -0.39 is 16.1 Å². The summed E-state index contributed by atoms with van der Waals surface area (Å²) < 4.78 is 37.9. The van der Waals surface area contributed by atoms with Crippen LogP contribution >= 0.6 is 0 Å². The molecule has 8 heteroatoms. The maximum absolute atomic E-state index is 12.6. The average Bonchev–Trinajstić information content (AvgIpc) is 2.54. The van der Waals surface area contributed by atoms with E-state index in [4.69, 9.17) is 9.47 Å². The molecule has 7 nitrogen and oxygen atoms in total. The first kappa shape index (κ1) is 17.7. The van der Waals surface area contributed by atoms with Crippen molar-refractivity contribution in [2.75, 3.05) is 33.4 Å². The molecule has 1 aromatic carbocycles. The van der Waals surface area contributed by atoms with Gasteiger partial charge < -0.3 is 14.4 Å². The Kier molecular flexibility index (Phi) is 5.61. The highest BCUT2D eigenvalue weighted by Crippen LogP contribution is 2.24. The Bertz CT molecular complexity index is 668. The molecule has 1 fully saturated rings. The Morgan fingerprint density at radius 3 is 2.61 bits per heavy atom. The zero-order valence-corrected chi connectivity index (χ0v) is 14.4. The zero-order chi connectivity index (χ0) is 17.0. The lowest BCUT2D eigenvalue weighted by Gasteiger charge is -2.29. The van der Waals surface area contributed by atoms with Crippen LogP contribution in [0.1, 0.15) is 12.5 Å². The highest BCUT2D eigenvalue weighted by atomic mass is 32.2. The zero-order valence-electron chi connectivity index (χ0n) is 13.5. The van der Waals surface area contributed by atoms with Crippen LogP contribution in [0.25, 0.3) is 0 Å². The predicted molar refractivity (Wildman–Crippen MR) is 84.9 cm³/mol. The number of nitrogens with zero attached hydrogens (tertiary/aromatic N) is 1. The van der Waals surface area contributed by atoms with Gasteiger partial charge in [-0.15, -0.1) is 0 Å². The first-order chi connectivity index (χ1) is 10.8. The Hall–Kier alpha value is -1.64. The summed E-state index contributed by atoms with van der Waals surface area (Å²) in [5.41, 5.74) is 0.790. The van der Waals surface area contributed by atoms with Crippen molar-refractivity contribution in [1.29, 1.82) is 0 Å². The van der Waals surface area contributed by atoms with Gasteiger partial charge in [0.15, 0.2) is 0 Å². The minimum absolute atomic E-state index is 0.0293. The van der Waals surface area contributed by atoms with E-state index >= 15 is 0 Å². The number of benzene rings is 1. The molecule has 0 aromatic heterocycles. The van der Waals surface area contributed by atoms with Crippen LogP contribution in [0.2, 0.25) is 0 Å². The van der Waals surface area contributed by atoms with E-state index in [-0.39, 0.29) is 16.6 Å². The molecule has 1 heterocycles. The largest absolute Gasteiger partial charge is 0.495 e. The number of hydrogen-bond donors (Lipinski definition) is 1. The van der Waals surface area contributed by atoms with Crippen LogP contribution in [-0.4, -0.2) is 58.7 Å². The van der Waals surface area contributed by atoms with Crippen molar-refractivity contribution in [1.82, 2.24) is 9.62 Å². The second kappa shape index (κ2) is 7.29. The molecule has 0 spiro atoms. The maximum Gasteiger partial charge on any atom is 0.244 e. The van der Waals surface area contributed by atoms with E-state index in [9.17, 15) is 13.2 Å². The molecule has 1 aliphatic rings. The number of amides is 1. The van der Waals surface area contributed by atoms with Crippen LogP contribution in [0.5, 0.6) is 5.75 Å². The van der Waals surface area contributed by atoms with E-state index in [1.807, 2.05) is 0 Å². The molecule has 1 aliphatic heterocycles. The standard InChI is InChI=1S/C15H22N2O5S/c1-11-4-5-13(21-3)14(10-11)23(19,20)16-12(2)15(18)17-6-8-22-9-7-17/h4-5,10,12,16H,6-9H2,1-3H3/t12-/m1/s1. The lowest BCUT2D eigenvalue weighted by Crippen LogP contribution is -2.50. The van der Waals surface area contributed by atoms with Crippen molar-refractivity contribution in [2.45, 2.75) is 24.8 Å². The number of carbonyl (C=O) groups excluding carboxylic acids is 1. The summed E-state index contributed by atoms with van der Waals surface area (Å²) >= 11 is 0. The normalized spacial score (nSPS) is 16.9. The van der Waals surface area contributed by atoms with Crippen molar-refractivity contribution < 1.29 is 22.7 Å². The number of sulfonamides is 1. The quantitative estimate of drug-likeness (QED) is 0.844. The highest BCUT2D eigenvalue weighted by molar-refractivity contribution is 7.89. The van der Waals surface area contributed by atoms with Gasteiger partial charge in [-0.25, -0.2) is 8.42 Å². The molecule has 0 saturated carbocycles. The van der Waals surface area contributed by atoms with Gasteiger partial charge in [0.25, 0.3) is 0 Å². The van der Waals surface area contributed by atoms with Gasteiger partial charge in [-0.05, 0) is 31.5 Å². The van der Waals surface area contributed by atoms with E-state index in [0.717, 1.165) is 5.56 Å². The van der Waals surface area contributed by atoms with Crippen LogP contribution in [0.15, 0.2) is 23.1 Å². The van der Waals surface area contributed by atoms with E-state index in [2.05, 4.69) is 4.72 Å². The average molecular weight is 342 g/mol. The second-order valence-corrected chi connectivity index (χ2v) is 7.12. The Morgan fingerprint density at radius 2 is 2.00 bits per heavy atom. The fraction of sp³-hybridized carbons (Fsp3) is 0.533. The fourth-order valence-corrected chi connectivity index (χ4v) is 3.85. The Balaban J connectivity index is 2.17. The summed E-state index contributed by atoms with van der Waals surface area (Å²) in [6.45, 7) is 5.21. The molecule has 2 rings (SSSR count). The summed E-state index contributed by atoms with van der Waals surface area (Å²) in [6.07, 6.45) is 0. The number of hydrogen-bond acceptors (Lipinski definition) is 5. The SMILES string of the molecule is COc1ccc(C)cc1S(=O)(=O)N[C@H](C)C(=O)N1CCOCC1. The van der Waals surface area contributed by atoms with E-state index in [1.54, 1.807) is 24.0 Å². The lowest BCUT2D eigenvalue weighted by atomic mass is 10.2. The maximum atomic E-state index is 12.6. The van der Waals surface area contributed by atoms with Crippen molar-refractivity contribution >= 4 is 15.9 Å². The molecule has 1 aromatic rings. The number of morpholine rings is 1. The number of ether oxygens (including phenoxy) is 2. The third kappa shape index (κ3) is 4.21. The third-order valence-corrected chi connectivity index (χ3v) is 5.20. The smallest absolute Gasteiger partial charge is 0.244 e. The van der Waals surface area contributed by atoms with Crippen molar-refractivity contribution in [3.63, 3.8) is 0 Å². The van der Waals surface area contributed by atoms with Gasteiger partial charge in [-0.3, -0.25) is 4.79 Å². The summed E-state index contributed by atoms with van der Waals surface area (Å²) in [6, 6.07) is 4.02. The number of aryl methyl sites for hydroxylation is 1. The first-order valence-electron chi connectivity index (χ1n) is 7.38. The van der Waals surface area contributed by atoms with Gasteiger partial charge in [0.1, 0.15) is 10.6 Å². The third-order valence-electron chi connectivity index (χ3n) is 3.63. The molecule has 23 heavy (non-hydrogen) atoms. The molecule has 0 aliphatic carbocycles. The van der Waals surface area contributed by atoms with Crippen LogP contribution in [0.4, 0.5) is 0 Å². The van der Waals surface area contributed by atoms with Crippen LogP contribution in [0.3, 0.4) is 0 Å². The first-order valence-corrected chi connectivity index (χ1v) is 8.87. The van der Waals surface area contributed by atoms with Gasteiger partial charge in [0.2, 0.25) is 15.9 Å². The minimum atomic E-state index is -3.86. The van der Waals surface area contributed by atoms with Crippen LogP contribution in [0, 0.1) is 6.92 Å². The van der Waals surface area contributed by atoms with Gasteiger partial charge in [-0.1, -0.05) is 6.07 Å². The highest BCUT2D eigenvalue weighted by Gasteiger charge is 2.28. The van der Waals surface area contributed by atoms with Gasteiger partial charge >= 0.3 is 0 Å². The van der Waals surface area contributed by atoms with Crippen molar-refractivity contribution in [2.24, 2.45) is 0 Å². The van der Waals surface area contributed by atoms with Gasteiger partial charge in [0, 0.05) is 13.1 Å². The summed E-state index contributed by atoms with van der Waals surface area (Å²) in [5.74, 6) is -0.0161. The minimum Gasteiger partial charge on any atom is -0.495 e. The van der Waals surface area contributed by atoms with Crippen molar-refractivity contribution in [3.05, 3.63) is 23.8 Å². The summed E-state index contributed by atoms with van der Waals surface area (Å²) in [5, 5.41) is 0. The molecular formula is C15H22N2O5S. The molecule has 0 unspecified atom stereocenters. The molecule has 0 bridgehead atoms.